The lowest BCUT2D eigenvalue weighted by Crippen LogP contribution is -2.22. The largest absolute Gasteiger partial charge is 0.481 e. The highest BCUT2D eigenvalue weighted by atomic mass is 32.2. The van der Waals surface area contributed by atoms with Crippen LogP contribution in [0.4, 0.5) is 5.95 Å². The Kier molecular flexibility index (Phi) is 3.70. The van der Waals surface area contributed by atoms with Crippen LogP contribution < -0.4 is 14.9 Å². The Morgan fingerprint density at radius 3 is 2.75 bits per heavy atom. The number of anilines is 1. The van der Waals surface area contributed by atoms with Crippen molar-refractivity contribution in [3.63, 3.8) is 0 Å². The molecule has 2 aromatic rings. The standard InChI is InChI=1S/C11H12N4O4S/c1-7-5-10(19-2)14-11(13-7)15-20(17,18)9-6-12-4-3-8(9)16/h3-6H,1-2H3,(H,12,16)(H,13,14,15). The smallest absolute Gasteiger partial charge is 0.269 e. The molecule has 0 atom stereocenters. The molecule has 0 aliphatic heterocycles. The van der Waals surface area contributed by atoms with Crippen LogP contribution in [0.3, 0.4) is 0 Å². The minimum atomic E-state index is -4.06. The van der Waals surface area contributed by atoms with E-state index in [1.807, 2.05) is 0 Å². The maximum Gasteiger partial charge on any atom is 0.269 e. The number of ether oxygens (including phenoxy) is 1. The van der Waals surface area contributed by atoms with Crippen molar-refractivity contribution in [3.8, 4) is 5.88 Å². The van der Waals surface area contributed by atoms with E-state index in [0.717, 1.165) is 12.3 Å². The molecule has 0 fully saturated rings. The van der Waals surface area contributed by atoms with Gasteiger partial charge in [0.05, 0.1) is 7.11 Å². The van der Waals surface area contributed by atoms with Crippen LogP contribution >= 0.6 is 0 Å². The van der Waals surface area contributed by atoms with Gasteiger partial charge in [0.15, 0.2) is 4.90 Å². The first-order valence-corrected chi connectivity index (χ1v) is 7.00. The Balaban J connectivity index is 2.41. The zero-order chi connectivity index (χ0) is 14.8. The number of methoxy groups -OCH3 is 1. The number of nitrogens with zero attached hydrogens (tertiary/aromatic N) is 2. The van der Waals surface area contributed by atoms with Crippen LogP contribution in [0.2, 0.25) is 0 Å². The first-order chi connectivity index (χ1) is 9.42. The van der Waals surface area contributed by atoms with Gasteiger partial charge in [-0.15, -0.1) is 0 Å². The van der Waals surface area contributed by atoms with Crippen molar-refractivity contribution in [1.29, 1.82) is 0 Å². The third-order valence-electron chi connectivity index (χ3n) is 2.34. The number of H-pyrrole nitrogens is 1. The van der Waals surface area contributed by atoms with Gasteiger partial charge in [-0.1, -0.05) is 0 Å². The number of aromatic amines is 1. The maximum atomic E-state index is 12.1. The highest BCUT2D eigenvalue weighted by Crippen LogP contribution is 2.14. The Morgan fingerprint density at radius 1 is 1.35 bits per heavy atom. The quantitative estimate of drug-likeness (QED) is 0.837. The summed E-state index contributed by atoms with van der Waals surface area (Å²) in [6.07, 6.45) is 2.44. The average Bonchev–Trinajstić information content (AvgIpc) is 2.37. The average molecular weight is 296 g/mol. The van der Waals surface area contributed by atoms with Crippen molar-refractivity contribution < 1.29 is 13.2 Å². The molecule has 2 heterocycles. The summed E-state index contributed by atoms with van der Waals surface area (Å²) in [5.41, 5.74) is -0.104. The number of rotatable bonds is 4. The Hall–Kier alpha value is -2.42. The third-order valence-corrected chi connectivity index (χ3v) is 3.69. The molecule has 0 saturated heterocycles. The van der Waals surface area contributed by atoms with E-state index in [9.17, 15) is 13.2 Å². The molecule has 8 nitrogen and oxygen atoms in total. The molecule has 0 bridgehead atoms. The fourth-order valence-corrected chi connectivity index (χ4v) is 2.47. The van der Waals surface area contributed by atoms with Crippen LogP contribution in [0, 0.1) is 6.92 Å². The second kappa shape index (κ2) is 5.29. The summed E-state index contributed by atoms with van der Waals surface area (Å²) in [6.45, 7) is 1.66. The van der Waals surface area contributed by atoms with Gasteiger partial charge >= 0.3 is 0 Å². The minimum absolute atomic E-state index is 0.162. The summed E-state index contributed by atoms with van der Waals surface area (Å²) in [5.74, 6) is 0.0577. The lowest BCUT2D eigenvalue weighted by molar-refractivity contribution is 0.397. The fourth-order valence-electron chi connectivity index (χ4n) is 1.48. The van der Waals surface area contributed by atoms with Crippen molar-refractivity contribution in [3.05, 3.63) is 40.4 Å². The lowest BCUT2D eigenvalue weighted by atomic mass is 10.4. The molecule has 0 saturated carbocycles. The zero-order valence-electron chi connectivity index (χ0n) is 10.7. The molecule has 0 aliphatic rings. The lowest BCUT2D eigenvalue weighted by Gasteiger charge is -2.07. The van der Waals surface area contributed by atoms with Crippen LogP contribution in [0.5, 0.6) is 5.88 Å². The summed E-state index contributed by atoms with van der Waals surface area (Å²) in [7, 11) is -2.66. The molecule has 2 N–H and O–H groups in total. The summed E-state index contributed by atoms with van der Waals surface area (Å²) in [5, 5.41) is 0. The molecule has 0 amide bonds. The first-order valence-electron chi connectivity index (χ1n) is 5.52. The summed E-state index contributed by atoms with van der Waals surface area (Å²) < 4.78 is 31.2. The van der Waals surface area contributed by atoms with E-state index in [4.69, 9.17) is 4.74 Å². The van der Waals surface area contributed by atoms with E-state index in [-0.39, 0.29) is 11.8 Å². The molecule has 20 heavy (non-hydrogen) atoms. The summed E-state index contributed by atoms with van der Waals surface area (Å²) in [4.78, 5) is 21.5. The number of nitrogens with one attached hydrogen (secondary N) is 2. The SMILES string of the molecule is COc1cc(C)nc(NS(=O)(=O)c2c[nH]ccc2=O)n1. The zero-order valence-corrected chi connectivity index (χ0v) is 11.6. The highest BCUT2D eigenvalue weighted by Gasteiger charge is 2.19. The minimum Gasteiger partial charge on any atom is -0.481 e. The van der Waals surface area contributed by atoms with E-state index >= 15 is 0 Å². The number of aryl methyl sites for hydroxylation is 1. The molecule has 0 aliphatic carbocycles. The Labute approximate surface area is 114 Å². The first kappa shape index (κ1) is 14.0. The highest BCUT2D eigenvalue weighted by molar-refractivity contribution is 7.92. The van der Waals surface area contributed by atoms with Crippen LogP contribution in [-0.4, -0.2) is 30.5 Å². The second-order valence-electron chi connectivity index (χ2n) is 3.85. The van der Waals surface area contributed by atoms with Gasteiger partial charge in [0.2, 0.25) is 17.3 Å². The molecule has 9 heteroatoms. The maximum absolute atomic E-state index is 12.1. The van der Waals surface area contributed by atoms with E-state index in [0.29, 0.717) is 5.69 Å². The van der Waals surface area contributed by atoms with E-state index in [2.05, 4.69) is 19.7 Å². The van der Waals surface area contributed by atoms with E-state index in [1.54, 1.807) is 13.0 Å². The number of pyridine rings is 1. The number of hydrogen-bond acceptors (Lipinski definition) is 6. The van der Waals surface area contributed by atoms with Gasteiger partial charge in [-0.25, -0.2) is 18.1 Å². The molecule has 0 unspecified atom stereocenters. The van der Waals surface area contributed by atoms with E-state index < -0.39 is 20.3 Å². The predicted octanol–water partition coefficient (Wildman–Crippen LogP) is 0.283. The van der Waals surface area contributed by atoms with Gasteiger partial charge in [0.1, 0.15) is 0 Å². The molecule has 2 rings (SSSR count). The van der Waals surface area contributed by atoms with Gasteiger partial charge in [0.25, 0.3) is 10.0 Å². The topological polar surface area (TPSA) is 114 Å². The summed E-state index contributed by atoms with van der Waals surface area (Å²) >= 11 is 0. The van der Waals surface area contributed by atoms with Gasteiger partial charge in [-0.2, -0.15) is 4.98 Å². The Morgan fingerprint density at radius 2 is 2.10 bits per heavy atom. The molecular formula is C11H12N4O4S. The van der Waals surface area contributed by atoms with Crippen molar-refractivity contribution in [2.45, 2.75) is 11.8 Å². The van der Waals surface area contributed by atoms with Crippen molar-refractivity contribution in [2.75, 3.05) is 11.8 Å². The monoisotopic (exact) mass is 296 g/mol. The van der Waals surface area contributed by atoms with Gasteiger partial charge in [0, 0.05) is 30.2 Å². The van der Waals surface area contributed by atoms with Gasteiger partial charge < -0.3 is 9.72 Å². The molecule has 106 valence electrons. The second-order valence-corrected chi connectivity index (χ2v) is 5.50. The van der Waals surface area contributed by atoms with Gasteiger partial charge in [-0.05, 0) is 6.92 Å². The summed E-state index contributed by atoms with van der Waals surface area (Å²) in [6, 6.07) is 2.67. The molecule has 0 radical (unpaired) electrons. The van der Waals surface area contributed by atoms with Gasteiger partial charge in [-0.3, -0.25) is 4.79 Å². The van der Waals surface area contributed by atoms with Crippen molar-refractivity contribution >= 4 is 16.0 Å². The van der Waals surface area contributed by atoms with Crippen LogP contribution in [-0.2, 0) is 10.0 Å². The van der Waals surface area contributed by atoms with Crippen molar-refractivity contribution in [1.82, 2.24) is 15.0 Å². The number of hydrogen-bond donors (Lipinski definition) is 2. The Bertz CT molecular complexity index is 785. The van der Waals surface area contributed by atoms with Crippen molar-refractivity contribution in [2.24, 2.45) is 0 Å². The van der Waals surface area contributed by atoms with Crippen LogP contribution in [0.1, 0.15) is 5.69 Å². The van der Waals surface area contributed by atoms with Crippen LogP contribution in [0.15, 0.2) is 34.2 Å². The number of sulfonamides is 1. The molecule has 2 aromatic heterocycles. The molecule has 0 spiro atoms. The molecule has 0 aromatic carbocycles. The normalized spacial score (nSPS) is 11.1. The molecular weight excluding hydrogens is 284 g/mol. The third kappa shape index (κ3) is 2.94. The van der Waals surface area contributed by atoms with Crippen LogP contribution in [0.25, 0.3) is 0 Å². The fraction of sp³-hybridized carbons (Fsp3) is 0.182. The number of aromatic nitrogens is 3. The predicted molar refractivity (Wildman–Crippen MR) is 71.2 cm³/mol. The van der Waals surface area contributed by atoms with E-state index in [1.165, 1.54) is 13.3 Å².